The summed E-state index contributed by atoms with van der Waals surface area (Å²) in [5.74, 6) is -1.16. The number of aryl methyl sites for hydroxylation is 1. The average Bonchev–Trinajstić information content (AvgIpc) is 2.83. The van der Waals surface area contributed by atoms with Crippen molar-refractivity contribution in [1.29, 1.82) is 0 Å². The van der Waals surface area contributed by atoms with Gasteiger partial charge in [-0.3, -0.25) is 4.99 Å². The maximum atomic E-state index is 12.2. The molecular formula is C26H25N3O5. The van der Waals surface area contributed by atoms with Crippen molar-refractivity contribution in [3.05, 3.63) is 82.9 Å². The minimum atomic E-state index is -0.577. The molecule has 3 rings (SSSR count). The fourth-order valence-corrected chi connectivity index (χ4v) is 2.93. The molecule has 0 amide bonds. The number of carbonyl (C=O) groups is 2. The lowest BCUT2D eigenvalue weighted by Gasteiger charge is -2.07. The zero-order chi connectivity index (χ0) is 24.5. The van der Waals surface area contributed by atoms with Crippen molar-refractivity contribution < 1.29 is 24.2 Å². The molecule has 0 spiro atoms. The normalized spacial score (nSPS) is 11.1. The number of aromatic hydroxyl groups is 1. The third-order valence-electron chi connectivity index (χ3n) is 4.62. The van der Waals surface area contributed by atoms with Gasteiger partial charge in [0, 0.05) is 11.8 Å². The lowest BCUT2D eigenvalue weighted by atomic mass is 10.1. The second kappa shape index (κ2) is 11.5. The van der Waals surface area contributed by atoms with Gasteiger partial charge in [0.1, 0.15) is 5.75 Å². The lowest BCUT2D eigenvalue weighted by Crippen LogP contribution is -2.09. The number of ether oxygens (including phenoxy) is 2. The maximum absolute atomic E-state index is 12.2. The molecule has 3 aromatic rings. The Morgan fingerprint density at radius 1 is 0.794 bits per heavy atom. The Hall–Kier alpha value is -4.33. The van der Waals surface area contributed by atoms with Crippen molar-refractivity contribution in [3.8, 4) is 5.75 Å². The number of hydrogen-bond acceptors (Lipinski definition) is 8. The number of aliphatic imine (C=N–C) groups is 1. The number of phenolic OH excluding ortho intramolecular Hbond substituents is 1. The van der Waals surface area contributed by atoms with E-state index in [1.54, 1.807) is 26.0 Å². The predicted molar refractivity (Wildman–Crippen MR) is 129 cm³/mol. The van der Waals surface area contributed by atoms with Crippen molar-refractivity contribution in [2.45, 2.75) is 20.8 Å². The number of benzene rings is 3. The van der Waals surface area contributed by atoms with E-state index in [9.17, 15) is 14.7 Å². The van der Waals surface area contributed by atoms with Crippen molar-refractivity contribution in [2.75, 3.05) is 13.2 Å². The smallest absolute Gasteiger partial charge is 0.338 e. The molecule has 0 atom stereocenters. The summed E-state index contributed by atoms with van der Waals surface area (Å²) in [6.07, 6.45) is 1.42. The molecule has 1 N–H and O–H groups in total. The van der Waals surface area contributed by atoms with E-state index in [0.717, 1.165) is 5.56 Å². The summed E-state index contributed by atoms with van der Waals surface area (Å²) in [6, 6.07) is 16.7. The van der Waals surface area contributed by atoms with Crippen molar-refractivity contribution in [3.63, 3.8) is 0 Å². The van der Waals surface area contributed by atoms with Crippen LogP contribution >= 0.6 is 0 Å². The molecule has 0 saturated carbocycles. The Balaban J connectivity index is 1.89. The summed E-state index contributed by atoms with van der Waals surface area (Å²) in [6.45, 7) is 5.76. The van der Waals surface area contributed by atoms with Crippen LogP contribution in [-0.2, 0) is 9.47 Å². The van der Waals surface area contributed by atoms with E-state index in [-0.39, 0.29) is 30.1 Å². The van der Waals surface area contributed by atoms with E-state index in [4.69, 9.17) is 9.47 Å². The second-order valence-corrected chi connectivity index (χ2v) is 7.25. The highest BCUT2D eigenvalue weighted by Gasteiger charge is 2.14. The summed E-state index contributed by atoms with van der Waals surface area (Å²) >= 11 is 0. The molecule has 0 unspecified atom stereocenters. The van der Waals surface area contributed by atoms with Crippen LogP contribution in [0, 0.1) is 6.92 Å². The van der Waals surface area contributed by atoms with E-state index in [0.29, 0.717) is 22.6 Å². The Bertz CT molecular complexity index is 1200. The zero-order valence-electron chi connectivity index (χ0n) is 19.2. The van der Waals surface area contributed by atoms with E-state index in [1.807, 2.05) is 31.2 Å². The minimum Gasteiger partial charge on any atom is -0.507 e. The highest BCUT2D eigenvalue weighted by Crippen LogP contribution is 2.26. The molecule has 0 bridgehead atoms. The predicted octanol–water partition coefficient (Wildman–Crippen LogP) is 6.22. The molecule has 3 aromatic carbocycles. The molecule has 0 fully saturated rings. The van der Waals surface area contributed by atoms with Crippen LogP contribution in [0.3, 0.4) is 0 Å². The van der Waals surface area contributed by atoms with Gasteiger partial charge in [-0.25, -0.2) is 9.59 Å². The quantitative estimate of drug-likeness (QED) is 0.244. The number of azo groups is 1. The van der Waals surface area contributed by atoms with Crippen LogP contribution in [0.4, 0.5) is 17.1 Å². The molecule has 0 saturated heterocycles. The first kappa shape index (κ1) is 24.3. The van der Waals surface area contributed by atoms with Crippen LogP contribution in [0.1, 0.15) is 45.7 Å². The Kier molecular flexibility index (Phi) is 8.23. The molecule has 174 valence electrons. The molecule has 0 aliphatic heterocycles. The van der Waals surface area contributed by atoms with E-state index >= 15 is 0 Å². The first-order valence-corrected chi connectivity index (χ1v) is 10.7. The SMILES string of the molecule is CCOC(=O)c1cc(N=Cc2cc(N=Nc3ccc(C)cc3)ccc2O)cc(C(=O)OCC)c1. The summed E-state index contributed by atoms with van der Waals surface area (Å²) in [7, 11) is 0. The Morgan fingerprint density at radius 3 is 1.94 bits per heavy atom. The number of esters is 2. The van der Waals surface area contributed by atoms with Crippen molar-refractivity contribution in [1.82, 2.24) is 0 Å². The van der Waals surface area contributed by atoms with Gasteiger partial charge in [-0.15, -0.1) is 0 Å². The molecule has 0 aliphatic rings. The fraction of sp³-hybridized carbons (Fsp3) is 0.192. The van der Waals surface area contributed by atoms with Gasteiger partial charge < -0.3 is 14.6 Å². The minimum absolute atomic E-state index is 0.00907. The number of hydrogen-bond donors (Lipinski definition) is 1. The molecule has 0 aromatic heterocycles. The average molecular weight is 460 g/mol. The zero-order valence-corrected chi connectivity index (χ0v) is 19.2. The van der Waals surface area contributed by atoms with Gasteiger partial charge in [0.25, 0.3) is 0 Å². The maximum Gasteiger partial charge on any atom is 0.338 e. The van der Waals surface area contributed by atoms with Crippen LogP contribution in [-0.4, -0.2) is 36.5 Å². The van der Waals surface area contributed by atoms with Gasteiger partial charge in [0.05, 0.1) is 41.4 Å². The van der Waals surface area contributed by atoms with Crippen molar-refractivity contribution in [2.24, 2.45) is 15.2 Å². The molecule has 8 nitrogen and oxygen atoms in total. The van der Waals surface area contributed by atoms with Crippen LogP contribution < -0.4 is 0 Å². The Morgan fingerprint density at radius 2 is 1.35 bits per heavy atom. The number of nitrogens with zero attached hydrogens (tertiary/aromatic N) is 3. The Labute approximate surface area is 197 Å². The van der Waals surface area contributed by atoms with E-state index in [1.165, 1.54) is 30.5 Å². The van der Waals surface area contributed by atoms with Gasteiger partial charge in [-0.05, 0) is 69.3 Å². The number of phenols is 1. The van der Waals surface area contributed by atoms with Gasteiger partial charge in [0.2, 0.25) is 0 Å². The first-order valence-electron chi connectivity index (χ1n) is 10.7. The summed E-state index contributed by atoms with van der Waals surface area (Å²) in [5.41, 5.74) is 3.40. The van der Waals surface area contributed by atoms with Gasteiger partial charge >= 0.3 is 11.9 Å². The topological polar surface area (TPSA) is 110 Å². The second-order valence-electron chi connectivity index (χ2n) is 7.25. The largest absolute Gasteiger partial charge is 0.507 e. The molecule has 34 heavy (non-hydrogen) atoms. The molecular weight excluding hydrogens is 434 g/mol. The lowest BCUT2D eigenvalue weighted by molar-refractivity contribution is 0.0525. The van der Waals surface area contributed by atoms with Crippen LogP contribution in [0.5, 0.6) is 5.75 Å². The van der Waals surface area contributed by atoms with Gasteiger partial charge in [0.15, 0.2) is 0 Å². The fourth-order valence-electron chi connectivity index (χ4n) is 2.93. The highest BCUT2D eigenvalue weighted by atomic mass is 16.5. The van der Waals surface area contributed by atoms with Crippen LogP contribution in [0.25, 0.3) is 0 Å². The van der Waals surface area contributed by atoms with Gasteiger partial charge in [-0.1, -0.05) is 17.7 Å². The van der Waals surface area contributed by atoms with E-state index in [2.05, 4.69) is 15.2 Å². The third-order valence-corrected chi connectivity index (χ3v) is 4.62. The third kappa shape index (κ3) is 6.59. The number of rotatable bonds is 8. The summed E-state index contributed by atoms with van der Waals surface area (Å²) < 4.78 is 10.1. The highest BCUT2D eigenvalue weighted by molar-refractivity contribution is 5.97. The first-order chi connectivity index (χ1) is 16.4. The molecule has 8 heteroatoms. The van der Waals surface area contributed by atoms with E-state index < -0.39 is 11.9 Å². The van der Waals surface area contributed by atoms with Crippen LogP contribution in [0.15, 0.2) is 75.9 Å². The molecule has 0 radical (unpaired) electrons. The molecule has 0 heterocycles. The van der Waals surface area contributed by atoms with Crippen LogP contribution in [0.2, 0.25) is 0 Å². The summed E-state index contributed by atoms with van der Waals surface area (Å²) in [5, 5.41) is 18.7. The van der Waals surface area contributed by atoms with Gasteiger partial charge in [-0.2, -0.15) is 10.2 Å². The molecule has 0 aliphatic carbocycles. The number of carbonyl (C=O) groups excluding carboxylic acids is 2. The van der Waals surface area contributed by atoms with Crippen molar-refractivity contribution >= 4 is 35.2 Å². The monoisotopic (exact) mass is 459 g/mol. The summed E-state index contributed by atoms with van der Waals surface area (Å²) in [4.78, 5) is 28.8. The standard InChI is InChI=1S/C26H25N3O5/c1-4-33-25(31)18-12-19(26(32)34-5-2)14-23(13-18)27-16-20-15-22(10-11-24(20)30)29-28-21-8-6-17(3)7-9-21/h6-16,30H,4-5H2,1-3H3.